The van der Waals surface area contributed by atoms with Crippen molar-refractivity contribution in [3.05, 3.63) is 69.0 Å². The first kappa shape index (κ1) is 23.6. The molecule has 0 radical (unpaired) electrons. The molecule has 3 N–H and O–H groups in total. The van der Waals surface area contributed by atoms with Crippen LogP contribution in [0, 0.1) is 5.82 Å². The molecule has 0 atom stereocenters. The molecule has 2 amide bonds. The SMILES string of the molecule is CC(C)(c1ccc(Br)cc1)c1csc(NC(=O)NCc2cnc(N3CCNCC3)c(F)c2)n1. The Hall–Kier alpha value is -2.56. The maximum atomic E-state index is 14.5. The number of aromatic nitrogens is 2. The minimum Gasteiger partial charge on any atom is -0.352 e. The van der Waals surface area contributed by atoms with Crippen LogP contribution in [0.3, 0.4) is 0 Å². The van der Waals surface area contributed by atoms with Crippen LogP contribution in [-0.4, -0.2) is 42.2 Å². The van der Waals surface area contributed by atoms with Crippen molar-refractivity contribution in [3.63, 3.8) is 0 Å². The minimum atomic E-state index is -0.399. The van der Waals surface area contributed by atoms with Gasteiger partial charge in [-0.3, -0.25) is 5.32 Å². The molecular formula is C23H26BrFN6OS. The highest BCUT2D eigenvalue weighted by Gasteiger charge is 2.26. The van der Waals surface area contributed by atoms with Gasteiger partial charge in [0.2, 0.25) is 0 Å². The highest BCUT2D eigenvalue weighted by atomic mass is 79.9. The monoisotopic (exact) mass is 532 g/mol. The molecule has 1 fully saturated rings. The predicted molar refractivity (Wildman–Crippen MR) is 134 cm³/mol. The van der Waals surface area contributed by atoms with E-state index >= 15 is 0 Å². The molecule has 1 aromatic carbocycles. The normalized spacial score (nSPS) is 14.2. The molecule has 4 rings (SSSR count). The van der Waals surface area contributed by atoms with Gasteiger partial charge < -0.3 is 15.5 Å². The number of halogens is 2. The summed E-state index contributed by atoms with van der Waals surface area (Å²) in [5.41, 5.74) is 2.30. The summed E-state index contributed by atoms with van der Waals surface area (Å²) in [6.07, 6.45) is 1.60. The van der Waals surface area contributed by atoms with Crippen LogP contribution in [0.2, 0.25) is 0 Å². The number of thiazole rings is 1. The number of urea groups is 1. The second-order valence-corrected chi connectivity index (χ2v) is 10.1. The van der Waals surface area contributed by atoms with Crippen LogP contribution in [-0.2, 0) is 12.0 Å². The number of piperazine rings is 1. The Balaban J connectivity index is 1.33. The van der Waals surface area contributed by atoms with Gasteiger partial charge in [-0.25, -0.2) is 19.2 Å². The van der Waals surface area contributed by atoms with E-state index in [2.05, 4.69) is 67.8 Å². The van der Waals surface area contributed by atoms with Crippen molar-refractivity contribution in [3.8, 4) is 0 Å². The number of nitrogens with zero attached hydrogens (tertiary/aromatic N) is 3. The van der Waals surface area contributed by atoms with Gasteiger partial charge in [-0.1, -0.05) is 41.9 Å². The van der Waals surface area contributed by atoms with Crippen molar-refractivity contribution in [1.82, 2.24) is 20.6 Å². The number of nitrogens with one attached hydrogen (secondary N) is 3. The zero-order valence-electron chi connectivity index (χ0n) is 18.5. The topological polar surface area (TPSA) is 82.2 Å². The van der Waals surface area contributed by atoms with Gasteiger partial charge >= 0.3 is 6.03 Å². The molecule has 0 unspecified atom stereocenters. The maximum Gasteiger partial charge on any atom is 0.321 e. The Bertz CT molecular complexity index is 1110. The van der Waals surface area contributed by atoms with Crippen LogP contribution < -0.4 is 20.9 Å². The number of pyridine rings is 1. The Morgan fingerprint density at radius 1 is 1.27 bits per heavy atom. The number of anilines is 2. The highest BCUT2D eigenvalue weighted by Crippen LogP contribution is 2.34. The molecule has 2 aromatic heterocycles. The summed E-state index contributed by atoms with van der Waals surface area (Å²) in [7, 11) is 0. The number of carbonyl (C=O) groups excluding carboxylic acids is 1. The second-order valence-electron chi connectivity index (χ2n) is 8.36. The van der Waals surface area contributed by atoms with Crippen LogP contribution in [0.1, 0.15) is 30.7 Å². The van der Waals surface area contributed by atoms with E-state index in [1.807, 2.05) is 22.4 Å². The molecule has 0 saturated carbocycles. The third-order valence-corrected chi connectivity index (χ3v) is 6.97. The molecule has 174 valence electrons. The van der Waals surface area contributed by atoms with Crippen molar-refractivity contribution in [2.24, 2.45) is 0 Å². The largest absolute Gasteiger partial charge is 0.352 e. The number of hydrogen-bond acceptors (Lipinski definition) is 6. The molecule has 1 saturated heterocycles. The minimum absolute atomic E-state index is 0.167. The van der Waals surface area contributed by atoms with Gasteiger partial charge in [-0.05, 0) is 29.3 Å². The average molecular weight is 533 g/mol. The zero-order valence-corrected chi connectivity index (χ0v) is 20.9. The first-order chi connectivity index (χ1) is 15.8. The summed E-state index contributed by atoms with van der Waals surface area (Å²) in [5.74, 6) is -0.0234. The molecule has 0 bridgehead atoms. The molecule has 3 heterocycles. The smallest absolute Gasteiger partial charge is 0.321 e. The van der Waals surface area contributed by atoms with Crippen LogP contribution in [0.5, 0.6) is 0 Å². The molecular weight excluding hydrogens is 507 g/mol. The first-order valence-corrected chi connectivity index (χ1v) is 12.4. The standard InChI is InChI=1S/C23H26BrFN6OS/c1-23(2,16-3-5-17(24)6-4-16)19-14-33-22(29-19)30-21(32)28-13-15-11-18(25)20(27-12-15)31-9-7-26-8-10-31/h3-6,11-12,14,26H,7-10,13H2,1-2H3,(H2,28,29,30,32). The van der Waals surface area contributed by atoms with E-state index in [0.29, 0.717) is 16.5 Å². The summed E-state index contributed by atoms with van der Waals surface area (Å²) in [5, 5.41) is 11.2. The Kier molecular flexibility index (Phi) is 7.26. The number of carbonyl (C=O) groups is 1. The quantitative estimate of drug-likeness (QED) is 0.435. The fourth-order valence-electron chi connectivity index (χ4n) is 3.63. The lowest BCUT2D eigenvalue weighted by Gasteiger charge is -2.28. The van der Waals surface area contributed by atoms with Gasteiger partial charge in [0.15, 0.2) is 16.8 Å². The highest BCUT2D eigenvalue weighted by molar-refractivity contribution is 9.10. The second kappa shape index (κ2) is 10.1. The van der Waals surface area contributed by atoms with Gasteiger partial charge in [-0.15, -0.1) is 11.3 Å². The fraction of sp³-hybridized carbons (Fsp3) is 0.348. The molecule has 1 aliphatic rings. The van der Waals surface area contributed by atoms with E-state index in [9.17, 15) is 9.18 Å². The van der Waals surface area contributed by atoms with Gasteiger partial charge in [-0.2, -0.15) is 0 Å². The van der Waals surface area contributed by atoms with E-state index in [-0.39, 0.29) is 17.8 Å². The van der Waals surface area contributed by atoms with Gasteiger partial charge in [0.25, 0.3) is 0 Å². The Morgan fingerprint density at radius 2 is 2.00 bits per heavy atom. The average Bonchev–Trinajstić information content (AvgIpc) is 3.28. The number of rotatable bonds is 6. The van der Waals surface area contributed by atoms with E-state index in [1.54, 1.807) is 6.20 Å². The van der Waals surface area contributed by atoms with Crippen molar-refractivity contribution in [1.29, 1.82) is 0 Å². The molecule has 7 nitrogen and oxygen atoms in total. The fourth-order valence-corrected chi connectivity index (χ4v) is 4.77. The van der Waals surface area contributed by atoms with Crippen LogP contribution >= 0.6 is 27.3 Å². The molecule has 0 aliphatic carbocycles. The van der Waals surface area contributed by atoms with Crippen LogP contribution in [0.25, 0.3) is 0 Å². The van der Waals surface area contributed by atoms with Crippen molar-refractivity contribution in [2.45, 2.75) is 25.8 Å². The summed E-state index contributed by atoms with van der Waals surface area (Å²) >= 11 is 4.83. The van der Waals surface area contributed by atoms with Crippen LogP contribution in [0.15, 0.2) is 46.4 Å². The molecule has 33 heavy (non-hydrogen) atoms. The summed E-state index contributed by atoms with van der Waals surface area (Å²) in [4.78, 5) is 23.2. The Morgan fingerprint density at radius 3 is 2.70 bits per heavy atom. The lowest BCUT2D eigenvalue weighted by atomic mass is 9.82. The van der Waals surface area contributed by atoms with Crippen molar-refractivity contribution < 1.29 is 9.18 Å². The predicted octanol–water partition coefficient (Wildman–Crippen LogP) is 4.50. The number of amides is 2. The van der Waals surface area contributed by atoms with E-state index in [1.165, 1.54) is 17.4 Å². The lowest BCUT2D eigenvalue weighted by Crippen LogP contribution is -2.44. The van der Waals surface area contributed by atoms with Crippen molar-refractivity contribution in [2.75, 3.05) is 36.4 Å². The lowest BCUT2D eigenvalue weighted by molar-refractivity contribution is 0.251. The van der Waals surface area contributed by atoms with E-state index in [4.69, 9.17) is 0 Å². The molecule has 0 spiro atoms. The number of benzene rings is 1. The third-order valence-electron chi connectivity index (χ3n) is 5.68. The summed E-state index contributed by atoms with van der Waals surface area (Å²) in [6.45, 7) is 7.42. The van der Waals surface area contributed by atoms with Crippen LogP contribution in [0.4, 0.5) is 20.1 Å². The third kappa shape index (κ3) is 5.69. The van der Waals surface area contributed by atoms with Gasteiger partial charge in [0.05, 0.1) is 5.69 Å². The van der Waals surface area contributed by atoms with Gasteiger partial charge in [0, 0.05) is 54.2 Å². The van der Waals surface area contributed by atoms with E-state index < -0.39 is 6.03 Å². The zero-order chi connectivity index (χ0) is 23.4. The summed E-state index contributed by atoms with van der Waals surface area (Å²) < 4.78 is 15.5. The molecule has 10 heteroatoms. The Labute approximate surface area is 205 Å². The summed E-state index contributed by atoms with van der Waals surface area (Å²) in [6, 6.07) is 9.15. The molecule has 3 aromatic rings. The number of hydrogen-bond donors (Lipinski definition) is 3. The first-order valence-electron chi connectivity index (χ1n) is 10.7. The van der Waals surface area contributed by atoms with Gasteiger partial charge in [0.1, 0.15) is 0 Å². The van der Waals surface area contributed by atoms with Crippen molar-refractivity contribution >= 4 is 44.2 Å². The van der Waals surface area contributed by atoms with E-state index in [0.717, 1.165) is 41.9 Å². The maximum absolute atomic E-state index is 14.5. The molecule has 1 aliphatic heterocycles.